The molecule has 1 fully saturated rings. The van der Waals surface area contributed by atoms with Gasteiger partial charge in [-0.1, -0.05) is 61.7 Å². The molecule has 1 aliphatic rings. The van der Waals surface area contributed by atoms with E-state index in [4.69, 9.17) is 4.74 Å². The quantitative estimate of drug-likeness (QED) is 0.684. The number of amides is 1. The maximum absolute atomic E-state index is 12.5. The molecule has 0 aliphatic heterocycles. The highest BCUT2D eigenvalue weighted by Crippen LogP contribution is 2.34. The summed E-state index contributed by atoms with van der Waals surface area (Å²) in [6, 6.07) is 10.5. The van der Waals surface area contributed by atoms with Crippen LogP contribution in [0.25, 0.3) is 0 Å². The number of carbonyl (C=O) groups is 1. The smallest absolute Gasteiger partial charge is 0.407 e. The van der Waals surface area contributed by atoms with Crippen LogP contribution in [0.5, 0.6) is 0 Å². The van der Waals surface area contributed by atoms with Crippen LogP contribution in [0.2, 0.25) is 0 Å². The first-order chi connectivity index (χ1) is 11.9. The van der Waals surface area contributed by atoms with E-state index in [1.54, 1.807) is 0 Å². The molecule has 0 heterocycles. The Balaban J connectivity index is 2.26. The summed E-state index contributed by atoms with van der Waals surface area (Å²) in [7, 11) is 0. The lowest BCUT2D eigenvalue weighted by molar-refractivity contribution is 0.0470. The zero-order chi connectivity index (χ0) is 18.3. The topological polar surface area (TPSA) is 38.3 Å². The molecule has 0 unspecified atom stereocenters. The lowest BCUT2D eigenvalue weighted by Gasteiger charge is -2.36. The number of ether oxygens (including phenoxy) is 1. The minimum atomic E-state index is -0.482. The zero-order valence-electron chi connectivity index (χ0n) is 16.1. The van der Waals surface area contributed by atoms with Gasteiger partial charge in [-0.25, -0.2) is 4.79 Å². The lowest BCUT2D eigenvalue weighted by Crippen LogP contribution is -2.46. The molecule has 1 saturated carbocycles. The van der Waals surface area contributed by atoms with Gasteiger partial charge < -0.3 is 10.1 Å². The standard InChI is InChI=1S/C22H33NO2/c1-5-12-19(17-13-8-6-9-14-17)20(18-15-10-7-11-16-18)23-21(24)25-22(2,3)4/h5-6,8-9,12-14,18-20H,7,10-11,15-16H2,1-4H3,(H,23,24)/b12-5+/t19-,20+/m0/s1. The molecular formula is C22H33NO2. The predicted octanol–water partition coefficient (Wildman–Crippen LogP) is 5.82. The minimum absolute atomic E-state index is 0.0637. The molecule has 1 aliphatic carbocycles. The van der Waals surface area contributed by atoms with Crippen LogP contribution in [0, 0.1) is 5.92 Å². The van der Waals surface area contributed by atoms with Gasteiger partial charge in [0.1, 0.15) is 5.60 Å². The highest BCUT2D eigenvalue weighted by Gasteiger charge is 2.32. The van der Waals surface area contributed by atoms with Crippen molar-refractivity contribution >= 4 is 6.09 Å². The fraction of sp³-hybridized carbons (Fsp3) is 0.591. The number of nitrogens with one attached hydrogen (secondary N) is 1. The van der Waals surface area contributed by atoms with Crippen LogP contribution >= 0.6 is 0 Å². The van der Waals surface area contributed by atoms with Gasteiger partial charge in [0.2, 0.25) is 0 Å². The van der Waals surface area contributed by atoms with E-state index in [9.17, 15) is 4.79 Å². The fourth-order valence-corrected chi connectivity index (χ4v) is 3.76. The molecule has 1 amide bonds. The first kappa shape index (κ1) is 19.6. The Bertz CT molecular complexity index is 553. The average molecular weight is 344 g/mol. The van der Waals surface area contributed by atoms with E-state index in [1.807, 2.05) is 33.8 Å². The van der Waals surface area contributed by atoms with E-state index in [1.165, 1.54) is 37.7 Å². The average Bonchev–Trinajstić information content (AvgIpc) is 2.58. The van der Waals surface area contributed by atoms with Crippen molar-refractivity contribution in [3.05, 3.63) is 48.0 Å². The third kappa shape index (κ3) is 6.22. The van der Waals surface area contributed by atoms with Gasteiger partial charge in [0.05, 0.1) is 0 Å². The van der Waals surface area contributed by atoms with Gasteiger partial charge >= 0.3 is 6.09 Å². The number of carbonyl (C=O) groups excluding carboxylic acids is 1. The normalized spacial score (nSPS) is 18.7. The number of benzene rings is 1. The van der Waals surface area contributed by atoms with Crippen LogP contribution in [-0.4, -0.2) is 17.7 Å². The maximum atomic E-state index is 12.5. The van der Waals surface area contributed by atoms with Gasteiger partial charge in [0.15, 0.2) is 0 Å². The first-order valence-electron chi connectivity index (χ1n) is 9.58. The van der Waals surface area contributed by atoms with Gasteiger partial charge in [-0.05, 0) is 52.0 Å². The lowest BCUT2D eigenvalue weighted by atomic mass is 9.76. The van der Waals surface area contributed by atoms with Crippen molar-refractivity contribution in [2.45, 2.75) is 77.4 Å². The van der Waals surface area contributed by atoms with E-state index in [0.717, 1.165) is 0 Å². The molecule has 138 valence electrons. The van der Waals surface area contributed by atoms with Gasteiger partial charge in [-0.15, -0.1) is 0 Å². The molecule has 0 saturated heterocycles. The molecule has 0 spiro atoms. The van der Waals surface area contributed by atoms with Crippen molar-refractivity contribution in [3.63, 3.8) is 0 Å². The van der Waals surface area contributed by atoms with Crippen LogP contribution in [0.1, 0.15) is 71.3 Å². The minimum Gasteiger partial charge on any atom is -0.444 e. The fourth-order valence-electron chi connectivity index (χ4n) is 3.76. The first-order valence-corrected chi connectivity index (χ1v) is 9.58. The summed E-state index contributed by atoms with van der Waals surface area (Å²) in [6.07, 6.45) is 10.1. The molecular weight excluding hydrogens is 310 g/mol. The molecule has 3 nitrogen and oxygen atoms in total. The predicted molar refractivity (Wildman–Crippen MR) is 104 cm³/mol. The van der Waals surface area contributed by atoms with Crippen molar-refractivity contribution in [3.8, 4) is 0 Å². The Hall–Kier alpha value is -1.77. The summed E-state index contributed by atoms with van der Waals surface area (Å²) in [5, 5.41) is 3.21. The molecule has 1 aromatic rings. The molecule has 25 heavy (non-hydrogen) atoms. The Kier molecular flexibility index (Phi) is 7.10. The second-order valence-corrected chi connectivity index (χ2v) is 8.03. The number of alkyl carbamates (subject to hydrolysis) is 1. The monoisotopic (exact) mass is 343 g/mol. The molecule has 0 bridgehead atoms. The summed E-state index contributed by atoms with van der Waals surface area (Å²) >= 11 is 0. The van der Waals surface area contributed by atoms with Crippen LogP contribution in [0.3, 0.4) is 0 Å². The van der Waals surface area contributed by atoms with Crippen molar-refractivity contribution in [2.75, 3.05) is 0 Å². The van der Waals surface area contributed by atoms with Gasteiger partial charge in [0.25, 0.3) is 0 Å². The van der Waals surface area contributed by atoms with Crippen LogP contribution in [-0.2, 0) is 4.74 Å². The van der Waals surface area contributed by atoms with Gasteiger partial charge in [0, 0.05) is 12.0 Å². The highest BCUT2D eigenvalue weighted by atomic mass is 16.6. The van der Waals surface area contributed by atoms with Gasteiger partial charge in [-0.3, -0.25) is 0 Å². The van der Waals surface area contributed by atoms with Crippen LogP contribution < -0.4 is 5.32 Å². The second-order valence-electron chi connectivity index (χ2n) is 8.03. The van der Waals surface area contributed by atoms with Crippen molar-refractivity contribution < 1.29 is 9.53 Å². The van der Waals surface area contributed by atoms with E-state index in [2.05, 4.69) is 41.7 Å². The van der Waals surface area contributed by atoms with E-state index >= 15 is 0 Å². The summed E-state index contributed by atoms with van der Waals surface area (Å²) in [6.45, 7) is 7.76. The highest BCUT2D eigenvalue weighted by molar-refractivity contribution is 5.68. The number of hydrogen-bond acceptors (Lipinski definition) is 2. The molecule has 3 heteroatoms. The second kappa shape index (κ2) is 9.07. The number of hydrogen-bond donors (Lipinski definition) is 1. The van der Waals surface area contributed by atoms with E-state index in [-0.39, 0.29) is 18.1 Å². The Morgan fingerprint density at radius 3 is 2.36 bits per heavy atom. The molecule has 1 N–H and O–H groups in total. The SMILES string of the molecule is C/C=C/[C@@H](c1ccccc1)[C@H](NC(=O)OC(C)(C)C)C1CCCCC1. The van der Waals surface area contributed by atoms with Gasteiger partial charge in [-0.2, -0.15) is 0 Å². The molecule has 1 aromatic carbocycles. The summed E-state index contributed by atoms with van der Waals surface area (Å²) in [5.74, 6) is 0.657. The summed E-state index contributed by atoms with van der Waals surface area (Å²) < 4.78 is 5.55. The van der Waals surface area contributed by atoms with Crippen molar-refractivity contribution in [2.24, 2.45) is 5.92 Å². The van der Waals surface area contributed by atoms with E-state index < -0.39 is 5.60 Å². The number of allylic oxidation sites excluding steroid dienone is 1. The Morgan fingerprint density at radius 1 is 1.16 bits per heavy atom. The molecule has 0 aromatic heterocycles. The van der Waals surface area contributed by atoms with Crippen LogP contribution in [0.15, 0.2) is 42.5 Å². The Labute approximate surface area is 152 Å². The Morgan fingerprint density at radius 2 is 1.80 bits per heavy atom. The largest absolute Gasteiger partial charge is 0.444 e. The molecule has 0 radical (unpaired) electrons. The summed E-state index contributed by atoms with van der Waals surface area (Å²) in [5.41, 5.74) is 0.761. The molecule has 2 rings (SSSR count). The van der Waals surface area contributed by atoms with Crippen molar-refractivity contribution in [1.29, 1.82) is 0 Å². The van der Waals surface area contributed by atoms with E-state index in [0.29, 0.717) is 5.92 Å². The third-order valence-corrected chi connectivity index (χ3v) is 4.81. The zero-order valence-corrected chi connectivity index (χ0v) is 16.1. The maximum Gasteiger partial charge on any atom is 0.407 e. The number of rotatable bonds is 5. The summed E-state index contributed by atoms with van der Waals surface area (Å²) in [4.78, 5) is 12.5. The van der Waals surface area contributed by atoms with Crippen molar-refractivity contribution in [1.82, 2.24) is 5.32 Å². The van der Waals surface area contributed by atoms with Crippen LogP contribution in [0.4, 0.5) is 4.79 Å². The third-order valence-electron chi connectivity index (χ3n) is 4.81. The molecule has 2 atom stereocenters.